The molecule has 0 radical (unpaired) electrons. The number of amidine groups is 1. The van der Waals surface area contributed by atoms with Crippen molar-refractivity contribution in [2.75, 3.05) is 0 Å². The van der Waals surface area contributed by atoms with Crippen LogP contribution >= 0.6 is 0 Å². The Hall–Kier alpha value is -3.80. The highest BCUT2D eigenvalue weighted by molar-refractivity contribution is 6.08. The molecule has 6 heteroatoms. The summed E-state index contributed by atoms with van der Waals surface area (Å²) in [6, 6.07) is 20.4. The van der Waals surface area contributed by atoms with Gasteiger partial charge in [-0.15, -0.1) is 0 Å². The summed E-state index contributed by atoms with van der Waals surface area (Å²) in [5.41, 5.74) is 1.21. The van der Waals surface area contributed by atoms with Gasteiger partial charge >= 0.3 is 12.0 Å². The maximum atomic E-state index is 12.4. The standard InChI is InChI=1S/C20H15N3O3/c24-18(15-8-3-1-4-9-15)23-20(22-17-11-5-2-6-12-17)26-19(25)16-10-7-13-21-14-16/h1-14H,(H,22,23,24). The molecule has 6 nitrogen and oxygen atoms in total. The van der Waals surface area contributed by atoms with E-state index in [0.29, 0.717) is 11.3 Å². The van der Waals surface area contributed by atoms with Crippen molar-refractivity contribution in [1.82, 2.24) is 10.3 Å². The molecule has 3 aromatic rings. The third-order valence-electron chi connectivity index (χ3n) is 3.33. The van der Waals surface area contributed by atoms with Crippen molar-refractivity contribution >= 4 is 23.6 Å². The van der Waals surface area contributed by atoms with Gasteiger partial charge in [0.25, 0.3) is 5.91 Å². The molecule has 26 heavy (non-hydrogen) atoms. The van der Waals surface area contributed by atoms with E-state index in [0.717, 1.165) is 0 Å². The van der Waals surface area contributed by atoms with Crippen molar-refractivity contribution < 1.29 is 14.3 Å². The Morgan fingerprint density at radius 2 is 1.50 bits per heavy atom. The van der Waals surface area contributed by atoms with Crippen LogP contribution in [0.4, 0.5) is 5.69 Å². The summed E-state index contributed by atoms with van der Waals surface area (Å²) in [5, 5.41) is 2.53. The minimum atomic E-state index is -0.666. The zero-order valence-electron chi connectivity index (χ0n) is 13.7. The molecular weight excluding hydrogens is 330 g/mol. The van der Waals surface area contributed by atoms with E-state index in [1.165, 1.54) is 6.20 Å². The van der Waals surface area contributed by atoms with Crippen LogP contribution in [-0.4, -0.2) is 22.9 Å². The number of esters is 1. The second-order valence-electron chi connectivity index (χ2n) is 5.20. The van der Waals surface area contributed by atoms with E-state index < -0.39 is 11.9 Å². The Balaban J connectivity index is 1.83. The topological polar surface area (TPSA) is 80.6 Å². The molecule has 3 rings (SSSR count). The molecule has 0 unspecified atom stereocenters. The lowest BCUT2D eigenvalue weighted by atomic mass is 10.2. The van der Waals surface area contributed by atoms with Gasteiger partial charge in [0.1, 0.15) is 0 Å². The normalized spacial score (nSPS) is 10.8. The number of carbonyl (C=O) groups is 2. The average Bonchev–Trinajstić information content (AvgIpc) is 2.70. The van der Waals surface area contributed by atoms with Gasteiger partial charge in [-0.2, -0.15) is 4.99 Å². The van der Waals surface area contributed by atoms with Crippen LogP contribution in [0.3, 0.4) is 0 Å². The highest BCUT2D eigenvalue weighted by atomic mass is 16.6. The van der Waals surface area contributed by atoms with Crippen LogP contribution in [0.1, 0.15) is 20.7 Å². The molecular formula is C20H15N3O3. The van der Waals surface area contributed by atoms with E-state index >= 15 is 0 Å². The summed E-state index contributed by atoms with van der Waals surface area (Å²) in [4.78, 5) is 32.7. The van der Waals surface area contributed by atoms with Gasteiger partial charge in [-0.3, -0.25) is 15.1 Å². The van der Waals surface area contributed by atoms with Gasteiger partial charge in [0.2, 0.25) is 0 Å². The van der Waals surface area contributed by atoms with Crippen LogP contribution in [0.15, 0.2) is 90.2 Å². The number of aliphatic imine (C=N–C) groups is 1. The number of rotatable bonds is 3. The Labute approximate surface area is 150 Å². The van der Waals surface area contributed by atoms with Gasteiger partial charge in [0, 0.05) is 18.0 Å². The van der Waals surface area contributed by atoms with E-state index in [1.807, 2.05) is 6.07 Å². The number of pyridine rings is 1. The van der Waals surface area contributed by atoms with Crippen molar-refractivity contribution in [3.05, 3.63) is 96.3 Å². The molecule has 0 fully saturated rings. The van der Waals surface area contributed by atoms with Gasteiger partial charge in [-0.1, -0.05) is 36.4 Å². The highest BCUT2D eigenvalue weighted by Crippen LogP contribution is 2.11. The predicted octanol–water partition coefficient (Wildman–Crippen LogP) is 3.36. The number of aromatic nitrogens is 1. The summed E-state index contributed by atoms with van der Waals surface area (Å²) in [6.45, 7) is 0. The average molecular weight is 345 g/mol. The first-order valence-corrected chi connectivity index (χ1v) is 7.85. The third kappa shape index (κ3) is 4.61. The monoisotopic (exact) mass is 345 g/mol. The summed E-state index contributed by atoms with van der Waals surface area (Å²) in [5.74, 6) is -1.10. The first kappa shape index (κ1) is 17.0. The van der Waals surface area contributed by atoms with Crippen molar-refractivity contribution in [2.45, 2.75) is 0 Å². The maximum absolute atomic E-state index is 12.4. The molecule has 0 saturated heterocycles. The summed E-state index contributed by atoms with van der Waals surface area (Å²) < 4.78 is 5.27. The summed E-state index contributed by atoms with van der Waals surface area (Å²) in [6.07, 6.45) is 2.93. The Kier molecular flexibility index (Phi) is 5.47. The molecule has 0 saturated carbocycles. The molecule has 0 bridgehead atoms. The quantitative estimate of drug-likeness (QED) is 0.448. The van der Waals surface area contributed by atoms with Crippen LogP contribution in [0.2, 0.25) is 0 Å². The van der Waals surface area contributed by atoms with Crippen LogP contribution in [-0.2, 0) is 4.74 Å². The fourth-order valence-electron chi connectivity index (χ4n) is 2.09. The van der Waals surface area contributed by atoms with Crippen molar-refractivity contribution in [3.63, 3.8) is 0 Å². The zero-order chi connectivity index (χ0) is 18.2. The van der Waals surface area contributed by atoms with E-state index in [2.05, 4.69) is 15.3 Å². The van der Waals surface area contributed by atoms with Crippen LogP contribution in [0.5, 0.6) is 0 Å². The van der Waals surface area contributed by atoms with E-state index in [9.17, 15) is 9.59 Å². The Bertz CT molecular complexity index is 855. The molecule has 0 aliphatic carbocycles. The molecule has 0 spiro atoms. The van der Waals surface area contributed by atoms with Gasteiger partial charge in [-0.05, 0) is 36.4 Å². The number of amides is 1. The summed E-state index contributed by atoms with van der Waals surface area (Å²) in [7, 11) is 0. The number of ether oxygens (including phenoxy) is 1. The molecule has 1 N–H and O–H groups in total. The second kappa shape index (κ2) is 8.34. The summed E-state index contributed by atoms with van der Waals surface area (Å²) >= 11 is 0. The predicted molar refractivity (Wildman–Crippen MR) is 97.1 cm³/mol. The molecule has 2 aromatic carbocycles. The lowest BCUT2D eigenvalue weighted by Gasteiger charge is -2.09. The third-order valence-corrected chi connectivity index (χ3v) is 3.33. The van der Waals surface area contributed by atoms with Gasteiger partial charge < -0.3 is 4.74 Å². The Morgan fingerprint density at radius 3 is 2.15 bits per heavy atom. The van der Waals surface area contributed by atoms with Crippen LogP contribution < -0.4 is 5.32 Å². The smallest absolute Gasteiger partial charge is 0.347 e. The van der Waals surface area contributed by atoms with E-state index in [1.54, 1.807) is 72.9 Å². The Morgan fingerprint density at radius 1 is 0.846 bits per heavy atom. The number of para-hydroxylation sites is 1. The fourth-order valence-corrected chi connectivity index (χ4v) is 2.09. The molecule has 0 aliphatic rings. The zero-order valence-corrected chi connectivity index (χ0v) is 13.7. The highest BCUT2D eigenvalue weighted by Gasteiger charge is 2.15. The van der Waals surface area contributed by atoms with Crippen molar-refractivity contribution in [2.24, 2.45) is 4.99 Å². The fraction of sp³-hybridized carbons (Fsp3) is 0. The van der Waals surface area contributed by atoms with Crippen LogP contribution in [0.25, 0.3) is 0 Å². The first-order valence-electron chi connectivity index (χ1n) is 7.85. The molecule has 1 amide bonds. The number of benzene rings is 2. The van der Waals surface area contributed by atoms with Crippen molar-refractivity contribution in [3.8, 4) is 0 Å². The first-order chi connectivity index (χ1) is 12.7. The van der Waals surface area contributed by atoms with E-state index in [-0.39, 0.29) is 11.6 Å². The van der Waals surface area contributed by atoms with Crippen LogP contribution in [0, 0.1) is 0 Å². The van der Waals surface area contributed by atoms with Crippen molar-refractivity contribution in [1.29, 1.82) is 0 Å². The number of hydrogen-bond acceptors (Lipinski definition) is 5. The minimum Gasteiger partial charge on any atom is -0.388 e. The number of hydrogen-bond donors (Lipinski definition) is 1. The van der Waals surface area contributed by atoms with Gasteiger partial charge in [-0.25, -0.2) is 4.79 Å². The molecule has 1 aromatic heterocycles. The lowest BCUT2D eigenvalue weighted by Crippen LogP contribution is -2.34. The number of nitrogens with zero attached hydrogens (tertiary/aromatic N) is 2. The SMILES string of the molecule is O=C(NC(=Nc1ccccc1)OC(=O)c1cccnc1)c1ccccc1. The van der Waals surface area contributed by atoms with E-state index in [4.69, 9.17) is 4.74 Å². The minimum absolute atomic E-state index is 0.209. The van der Waals surface area contributed by atoms with Gasteiger partial charge in [0.05, 0.1) is 11.3 Å². The number of nitrogens with one attached hydrogen (secondary N) is 1. The largest absolute Gasteiger partial charge is 0.388 e. The molecule has 0 aliphatic heterocycles. The maximum Gasteiger partial charge on any atom is 0.347 e. The van der Waals surface area contributed by atoms with Gasteiger partial charge in [0.15, 0.2) is 0 Å². The number of carbonyl (C=O) groups excluding carboxylic acids is 2. The lowest BCUT2D eigenvalue weighted by molar-refractivity contribution is 0.0705. The second-order valence-corrected chi connectivity index (χ2v) is 5.20. The molecule has 128 valence electrons. The molecule has 1 heterocycles. The molecule has 0 atom stereocenters.